The highest BCUT2D eigenvalue weighted by Crippen LogP contribution is 2.40. The zero-order chi connectivity index (χ0) is 19.9. The molecule has 3 atom stereocenters. The first kappa shape index (κ1) is 22.2. The quantitative estimate of drug-likeness (QED) is 0.406. The predicted octanol–water partition coefficient (Wildman–Crippen LogP) is 4.12. The lowest BCUT2D eigenvalue weighted by Gasteiger charge is -2.30. The molecule has 144 valence electrons. The van der Waals surface area contributed by atoms with E-state index in [2.05, 4.69) is 69.8 Å². The Bertz CT molecular complexity index is 638. The van der Waals surface area contributed by atoms with Crippen LogP contribution in [0.25, 0.3) is 0 Å². The summed E-state index contributed by atoms with van der Waals surface area (Å²) >= 11 is 3.41. The zero-order valence-corrected chi connectivity index (χ0v) is 17.7. The number of hydrogen-bond donors (Lipinski definition) is 1. The Labute approximate surface area is 164 Å². The number of carbonyl (C=O) groups excluding carboxylic acids is 1. The molecular weight excluding hydrogens is 396 g/mol. The Morgan fingerprint density at radius 2 is 2.15 bits per heavy atom. The van der Waals surface area contributed by atoms with Crippen molar-refractivity contribution in [1.82, 2.24) is 10.3 Å². The van der Waals surface area contributed by atoms with Gasteiger partial charge < -0.3 is 15.0 Å². The molecule has 0 bridgehead atoms. The minimum Gasteiger partial charge on any atom is -0.473 e. The molecule has 0 spiro atoms. The molecule has 1 fully saturated rings. The SMILES string of the molecule is C=C.C=Nc1cc(Br)nc(OC(C)C2CNC(=O)C2)c1N(C)C(C)CC. The van der Waals surface area contributed by atoms with Crippen molar-refractivity contribution in [3.63, 3.8) is 0 Å². The van der Waals surface area contributed by atoms with E-state index in [1.54, 1.807) is 0 Å². The van der Waals surface area contributed by atoms with Crippen LogP contribution in [0.2, 0.25) is 0 Å². The number of aromatic nitrogens is 1. The largest absolute Gasteiger partial charge is 0.473 e. The predicted molar refractivity (Wildman–Crippen MR) is 112 cm³/mol. The molecule has 2 heterocycles. The molecule has 1 aromatic heterocycles. The van der Waals surface area contributed by atoms with E-state index < -0.39 is 0 Å². The third kappa shape index (κ3) is 5.30. The lowest BCUT2D eigenvalue weighted by atomic mass is 10.0. The summed E-state index contributed by atoms with van der Waals surface area (Å²) in [6.45, 7) is 16.6. The molecule has 1 aromatic rings. The minimum atomic E-state index is -0.132. The molecular formula is C19H29BrN4O2. The van der Waals surface area contributed by atoms with Crippen molar-refractivity contribution in [2.45, 2.75) is 45.8 Å². The Balaban J connectivity index is 0.00000163. The summed E-state index contributed by atoms with van der Waals surface area (Å²) in [6.07, 6.45) is 1.34. The molecule has 26 heavy (non-hydrogen) atoms. The Kier molecular flexibility index (Phi) is 8.78. The number of aliphatic imine (C=N–C) groups is 1. The Morgan fingerprint density at radius 3 is 2.65 bits per heavy atom. The van der Waals surface area contributed by atoms with E-state index >= 15 is 0 Å². The number of ether oxygens (including phenoxy) is 1. The van der Waals surface area contributed by atoms with Crippen LogP contribution < -0.4 is 15.0 Å². The first-order valence-corrected chi connectivity index (χ1v) is 9.50. The summed E-state index contributed by atoms with van der Waals surface area (Å²) in [5, 5.41) is 2.85. The standard InChI is InChI=1S/C17H25BrN4O2.C2H4/c1-6-10(2)22(5)16-13(19-4)8-14(18)21-17(16)24-11(3)12-7-15(23)20-9-12;1-2/h8,10-12H,4,6-7,9H2,1-3,5H3,(H,20,23);1-2H2. The van der Waals surface area contributed by atoms with Crippen LogP contribution in [0.4, 0.5) is 11.4 Å². The highest BCUT2D eigenvalue weighted by molar-refractivity contribution is 9.10. The number of anilines is 1. The second kappa shape index (κ2) is 10.3. The van der Waals surface area contributed by atoms with Crippen LogP contribution >= 0.6 is 15.9 Å². The average Bonchev–Trinajstić information content (AvgIpc) is 3.08. The van der Waals surface area contributed by atoms with Gasteiger partial charge in [-0.3, -0.25) is 9.79 Å². The summed E-state index contributed by atoms with van der Waals surface area (Å²) in [4.78, 5) is 22.2. The van der Waals surface area contributed by atoms with Crippen molar-refractivity contribution in [3.05, 3.63) is 23.8 Å². The van der Waals surface area contributed by atoms with Gasteiger partial charge in [0.25, 0.3) is 0 Å². The van der Waals surface area contributed by atoms with Crippen molar-refractivity contribution in [1.29, 1.82) is 0 Å². The summed E-state index contributed by atoms with van der Waals surface area (Å²) in [5.74, 6) is 0.727. The number of rotatable bonds is 7. The van der Waals surface area contributed by atoms with Gasteiger partial charge in [-0.05, 0) is 49.0 Å². The maximum Gasteiger partial charge on any atom is 0.241 e. The normalized spacial score (nSPS) is 18.2. The Hall–Kier alpha value is -1.89. The topological polar surface area (TPSA) is 66.8 Å². The van der Waals surface area contributed by atoms with Crippen LogP contribution in [0.15, 0.2) is 28.8 Å². The third-order valence-electron chi connectivity index (χ3n) is 4.65. The molecule has 1 saturated heterocycles. The van der Waals surface area contributed by atoms with Gasteiger partial charge in [-0.1, -0.05) is 6.92 Å². The van der Waals surface area contributed by atoms with Crippen LogP contribution in [0.1, 0.15) is 33.6 Å². The zero-order valence-electron chi connectivity index (χ0n) is 16.1. The molecule has 1 aliphatic heterocycles. The number of halogens is 1. The van der Waals surface area contributed by atoms with Gasteiger partial charge >= 0.3 is 0 Å². The lowest BCUT2D eigenvalue weighted by Crippen LogP contribution is -2.31. The molecule has 0 saturated carbocycles. The summed E-state index contributed by atoms with van der Waals surface area (Å²) in [7, 11) is 2.01. The molecule has 1 aliphatic rings. The summed E-state index contributed by atoms with van der Waals surface area (Å²) < 4.78 is 6.80. The van der Waals surface area contributed by atoms with E-state index in [9.17, 15) is 4.79 Å². The van der Waals surface area contributed by atoms with E-state index in [0.717, 1.165) is 17.8 Å². The van der Waals surface area contributed by atoms with E-state index in [-0.39, 0.29) is 17.9 Å². The van der Waals surface area contributed by atoms with E-state index in [0.29, 0.717) is 29.5 Å². The van der Waals surface area contributed by atoms with Gasteiger partial charge in [-0.2, -0.15) is 0 Å². The fourth-order valence-electron chi connectivity index (χ4n) is 2.73. The number of carbonyl (C=O) groups is 1. The fourth-order valence-corrected chi connectivity index (χ4v) is 3.11. The van der Waals surface area contributed by atoms with Gasteiger partial charge in [0.1, 0.15) is 16.4 Å². The van der Waals surface area contributed by atoms with Gasteiger partial charge in [0, 0.05) is 32.0 Å². The molecule has 2 rings (SSSR count). The molecule has 1 amide bonds. The van der Waals surface area contributed by atoms with Crippen LogP contribution in [0.3, 0.4) is 0 Å². The van der Waals surface area contributed by atoms with Crippen molar-refractivity contribution >= 4 is 39.9 Å². The van der Waals surface area contributed by atoms with Gasteiger partial charge in [0.15, 0.2) is 0 Å². The number of pyridine rings is 1. The van der Waals surface area contributed by atoms with E-state index in [1.165, 1.54) is 0 Å². The third-order valence-corrected chi connectivity index (χ3v) is 5.06. The van der Waals surface area contributed by atoms with Gasteiger partial charge in [0.2, 0.25) is 11.8 Å². The smallest absolute Gasteiger partial charge is 0.241 e. The monoisotopic (exact) mass is 424 g/mol. The molecule has 0 aliphatic carbocycles. The fraction of sp³-hybridized carbons (Fsp3) is 0.526. The van der Waals surface area contributed by atoms with Gasteiger partial charge in [-0.25, -0.2) is 4.98 Å². The second-order valence-electron chi connectivity index (χ2n) is 6.24. The molecule has 0 aromatic carbocycles. The summed E-state index contributed by atoms with van der Waals surface area (Å²) in [5.41, 5.74) is 1.55. The number of nitrogens with one attached hydrogen (secondary N) is 1. The second-order valence-corrected chi connectivity index (χ2v) is 7.05. The van der Waals surface area contributed by atoms with Gasteiger partial charge in [-0.15, -0.1) is 13.2 Å². The lowest BCUT2D eigenvalue weighted by molar-refractivity contribution is -0.119. The van der Waals surface area contributed by atoms with E-state index in [4.69, 9.17) is 4.74 Å². The maximum absolute atomic E-state index is 11.4. The number of hydrogen-bond acceptors (Lipinski definition) is 5. The highest BCUT2D eigenvalue weighted by atomic mass is 79.9. The number of amides is 1. The molecule has 0 radical (unpaired) electrons. The van der Waals surface area contributed by atoms with Crippen LogP contribution in [0.5, 0.6) is 5.88 Å². The highest BCUT2D eigenvalue weighted by Gasteiger charge is 2.30. The van der Waals surface area contributed by atoms with Crippen LogP contribution in [-0.2, 0) is 4.79 Å². The van der Waals surface area contributed by atoms with Crippen molar-refractivity contribution in [3.8, 4) is 5.88 Å². The average molecular weight is 425 g/mol. The molecule has 3 unspecified atom stereocenters. The minimum absolute atomic E-state index is 0.0723. The number of nitrogens with zero attached hydrogens (tertiary/aromatic N) is 3. The van der Waals surface area contributed by atoms with Crippen molar-refractivity contribution in [2.24, 2.45) is 10.9 Å². The van der Waals surface area contributed by atoms with Gasteiger partial charge in [0.05, 0.1) is 5.69 Å². The van der Waals surface area contributed by atoms with Crippen LogP contribution in [0, 0.1) is 5.92 Å². The molecule has 6 nitrogen and oxygen atoms in total. The molecule has 7 heteroatoms. The summed E-state index contributed by atoms with van der Waals surface area (Å²) in [6, 6.07) is 2.14. The first-order valence-electron chi connectivity index (χ1n) is 8.70. The first-order chi connectivity index (χ1) is 12.4. The van der Waals surface area contributed by atoms with Crippen molar-refractivity contribution < 1.29 is 9.53 Å². The maximum atomic E-state index is 11.4. The Morgan fingerprint density at radius 1 is 1.50 bits per heavy atom. The van der Waals surface area contributed by atoms with E-state index in [1.807, 2.05) is 20.0 Å². The molecule has 1 N–H and O–H groups in total. The van der Waals surface area contributed by atoms with Crippen LogP contribution in [-0.4, -0.2) is 43.3 Å². The van der Waals surface area contributed by atoms with Crippen molar-refractivity contribution in [2.75, 3.05) is 18.5 Å².